The number of likely N-dealkylation sites (tertiary alicyclic amines) is 1. The molecule has 3 heterocycles. The number of carbonyl (C=O) groups is 1. The van der Waals surface area contributed by atoms with Crippen molar-refractivity contribution in [2.75, 3.05) is 20.1 Å². The van der Waals surface area contributed by atoms with Crippen LogP contribution in [0.4, 0.5) is 0 Å². The highest BCUT2D eigenvalue weighted by Crippen LogP contribution is 2.17. The summed E-state index contributed by atoms with van der Waals surface area (Å²) in [5, 5.41) is 3.01. The van der Waals surface area contributed by atoms with Gasteiger partial charge in [-0.3, -0.25) is 14.8 Å². The highest BCUT2D eigenvalue weighted by molar-refractivity contribution is 5.94. The fourth-order valence-electron chi connectivity index (χ4n) is 3.18. The standard InChI is InChI=1S/C19H24N4O/c1-23-13-3-2-4-17(23)9-12-21-19(24)16-5-6-18(22-14-16)15-7-10-20-11-8-15/h5-8,10-11,14,17H,2-4,9,12-13H2,1H3,(H,21,24)/t17-/m1/s1. The normalized spacial score (nSPS) is 18.3. The van der Waals surface area contributed by atoms with Gasteiger partial charge in [0.2, 0.25) is 0 Å². The Kier molecular flexibility index (Phi) is 5.54. The van der Waals surface area contributed by atoms with Crippen molar-refractivity contribution in [1.29, 1.82) is 0 Å². The molecule has 0 aliphatic carbocycles. The van der Waals surface area contributed by atoms with Crippen LogP contribution in [0.5, 0.6) is 0 Å². The number of nitrogens with zero attached hydrogens (tertiary/aromatic N) is 3. The molecule has 1 fully saturated rings. The second kappa shape index (κ2) is 8.02. The van der Waals surface area contributed by atoms with Gasteiger partial charge in [0.15, 0.2) is 0 Å². The molecule has 3 rings (SSSR count). The number of rotatable bonds is 5. The van der Waals surface area contributed by atoms with E-state index in [1.54, 1.807) is 18.6 Å². The van der Waals surface area contributed by atoms with Crippen LogP contribution in [0, 0.1) is 0 Å². The monoisotopic (exact) mass is 324 g/mol. The summed E-state index contributed by atoms with van der Waals surface area (Å²) in [6.45, 7) is 1.87. The number of amides is 1. The maximum Gasteiger partial charge on any atom is 0.252 e. The predicted octanol–water partition coefficient (Wildman–Crippen LogP) is 2.75. The maximum absolute atomic E-state index is 12.2. The van der Waals surface area contributed by atoms with Gasteiger partial charge in [-0.1, -0.05) is 6.42 Å². The van der Waals surface area contributed by atoms with Gasteiger partial charge < -0.3 is 10.2 Å². The van der Waals surface area contributed by atoms with Crippen LogP contribution in [0.3, 0.4) is 0 Å². The highest BCUT2D eigenvalue weighted by Gasteiger charge is 2.18. The maximum atomic E-state index is 12.2. The third-order valence-electron chi connectivity index (χ3n) is 4.69. The largest absolute Gasteiger partial charge is 0.352 e. The molecule has 1 saturated heterocycles. The Morgan fingerprint density at radius 1 is 1.25 bits per heavy atom. The SMILES string of the molecule is CN1CCCC[C@@H]1CCNC(=O)c1ccc(-c2ccncc2)nc1. The van der Waals surface area contributed by atoms with Crippen LogP contribution < -0.4 is 5.32 Å². The van der Waals surface area contributed by atoms with Gasteiger partial charge in [-0.25, -0.2) is 0 Å². The molecule has 5 nitrogen and oxygen atoms in total. The van der Waals surface area contributed by atoms with Crippen LogP contribution in [0.25, 0.3) is 11.3 Å². The van der Waals surface area contributed by atoms with Crippen molar-refractivity contribution in [3.05, 3.63) is 48.4 Å². The Labute approximate surface area is 143 Å². The molecule has 0 bridgehead atoms. The summed E-state index contributed by atoms with van der Waals surface area (Å²) < 4.78 is 0. The fraction of sp³-hybridized carbons (Fsp3) is 0.421. The zero-order chi connectivity index (χ0) is 16.8. The molecule has 1 aliphatic rings. The first-order valence-electron chi connectivity index (χ1n) is 8.59. The van der Waals surface area contributed by atoms with Crippen LogP contribution in [0.15, 0.2) is 42.9 Å². The molecule has 1 amide bonds. The molecule has 0 unspecified atom stereocenters. The van der Waals surface area contributed by atoms with Gasteiger partial charge in [-0.2, -0.15) is 0 Å². The zero-order valence-electron chi connectivity index (χ0n) is 14.1. The topological polar surface area (TPSA) is 58.1 Å². The Morgan fingerprint density at radius 2 is 2.08 bits per heavy atom. The second-order valence-electron chi connectivity index (χ2n) is 6.34. The summed E-state index contributed by atoms with van der Waals surface area (Å²) in [6, 6.07) is 8.10. The lowest BCUT2D eigenvalue weighted by Crippen LogP contribution is -2.39. The number of nitrogens with one attached hydrogen (secondary N) is 1. The van der Waals surface area contributed by atoms with Crippen LogP contribution in [0.1, 0.15) is 36.0 Å². The van der Waals surface area contributed by atoms with Crippen LogP contribution >= 0.6 is 0 Å². The van der Waals surface area contributed by atoms with Crippen molar-refractivity contribution in [2.24, 2.45) is 0 Å². The first-order valence-corrected chi connectivity index (χ1v) is 8.59. The molecule has 24 heavy (non-hydrogen) atoms. The predicted molar refractivity (Wildman–Crippen MR) is 94.7 cm³/mol. The fourth-order valence-corrected chi connectivity index (χ4v) is 3.18. The average molecular weight is 324 g/mol. The Balaban J connectivity index is 1.52. The lowest BCUT2D eigenvalue weighted by atomic mass is 10.0. The lowest BCUT2D eigenvalue weighted by molar-refractivity contribution is 0.0945. The van der Waals surface area contributed by atoms with E-state index in [1.165, 1.54) is 25.8 Å². The third-order valence-corrected chi connectivity index (χ3v) is 4.69. The van der Waals surface area contributed by atoms with Gasteiger partial charge in [0.25, 0.3) is 5.91 Å². The molecule has 1 atom stereocenters. The average Bonchev–Trinajstić information content (AvgIpc) is 2.64. The van der Waals surface area contributed by atoms with Crippen molar-refractivity contribution < 1.29 is 4.79 Å². The molecule has 0 spiro atoms. The minimum absolute atomic E-state index is 0.0535. The van der Waals surface area contributed by atoms with Crippen LogP contribution in [-0.4, -0.2) is 47.0 Å². The molecule has 1 N–H and O–H groups in total. The Hall–Kier alpha value is -2.27. The van der Waals surface area contributed by atoms with E-state index in [0.717, 1.165) is 17.7 Å². The number of hydrogen-bond acceptors (Lipinski definition) is 4. The van der Waals surface area contributed by atoms with Gasteiger partial charge in [-0.15, -0.1) is 0 Å². The van der Waals surface area contributed by atoms with Crippen molar-refractivity contribution >= 4 is 5.91 Å². The summed E-state index contributed by atoms with van der Waals surface area (Å²) in [7, 11) is 2.17. The van der Waals surface area contributed by atoms with Crippen molar-refractivity contribution in [3.63, 3.8) is 0 Å². The molecule has 2 aromatic rings. The molecule has 1 aliphatic heterocycles. The molecule has 0 aromatic carbocycles. The van der Waals surface area contributed by atoms with E-state index in [4.69, 9.17) is 0 Å². The number of piperidine rings is 1. The highest BCUT2D eigenvalue weighted by atomic mass is 16.1. The minimum Gasteiger partial charge on any atom is -0.352 e. The summed E-state index contributed by atoms with van der Waals surface area (Å²) in [5.74, 6) is -0.0535. The van der Waals surface area contributed by atoms with E-state index in [9.17, 15) is 4.79 Å². The summed E-state index contributed by atoms with van der Waals surface area (Å²) in [4.78, 5) is 23.0. The smallest absolute Gasteiger partial charge is 0.252 e. The zero-order valence-corrected chi connectivity index (χ0v) is 14.1. The van der Waals surface area contributed by atoms with Gasteiger partial charge >= 0.3 is 0 Å². The first-order chi connectivity index (χ1) is 11.7. The molecular weight excluding hydrogens is 300 g/mol. The molecule has 2 aromatic heterocycles. The van der Waals surface area contributed by atoms with Gasteiger partial charge in [-0.05, 0) is 57.1 Å². The minimum atomic E-state index is -0.0535. The van der Waals surface area contributed by atoms with E-state index >= 15 is 0 Å². The second-order valence-corrected chi connectivity index (χ2v) is 6.34. The van der Waals surface area contributed by atoms with E-state index < -0.39 is 0 Å². The van der Waals surface area contributed by atoms with Crippen molar-refractivity contribution in [1.82, 2.24) is 20.2 Å². The molecule has 126 valence electrons. The first kappa shape index (κ1) is 16.6. The van der Waals surface area contributed by atoms with Crippen LogP contribution in [0.2, 0.25) is 0 Å². The number of carbonyl (C=O) groups excluding carboxylic acids is 1. The lowest BCUT2D eigenvalue weighted by Gasteiger charge is -2.32. The van der Waals surface area contributed by atoms with Crippen molar-refractivity contribution in [2.45, 2.75) is 31.7 Å². The molecule has 0 saturated carbocycles. The summed E-state index contributed by atoms with van der Waals surface area (Å²) in [5.41, 5.74) is 2.44. The molecule has 0 radical (unpaired) electrons. The Bertz CT molecular complexity index is 657. The van der Waals surface area contributed by atoms with Gasteiger partial charge in [0, 0.05) is 36.7 Å². The quantitative estimate of drug-likeness (QED) is 0.919. The van der Waals surface area contributed by atoms with Crippen molar-refractivity contribution in [3.8, 4) is 11.3 Å². The van der Waals surface area contributed by atoms with Gasteiger partial charge in [0.1, 0.15) is 0 Å². The van der Waals surface area contributed by atoms with Crippen LogP contribution in [-0.2, 0) is 0 Å². The molecular formula is C19H24N4O. The summed E-state index contributed by atoms with van der Waals surface area (Å²) in [6.07, 6.45) is 9.93. The Morgan fingerprint density at radius 3 is 2.79 bits per heavy atom. The van der Waals surface area contributed by atoms with E-state index in [-0.39, 0.29) is 5.91 Å². The van der Waals surface area contributed by atoms with E-state index in [2.05, 4.69) is 27.2 Å². The van der Waals surface area contributed by atoms with E-state index in [1.807, 2.05) is 24.3 Å². The number of aromatic nitrogens is 2. The number of hydrogen-bond donors (Lipinski definition) is 1. The van der Waals surface area contributed by atoms with Gasteiger partial charge in [0.05, 0.1) is 11.3 Å². The third kappa shape index (κ3) is 4.17. The molecule has 5 heteroatoms. The summed E-state index contributed by atoms with van der Waals surface area (Å²) >= 11 is 0. The van der Waals surface area contributed by atoms with E-state index in [0.29, 0.717) is 18.2 Å². The number of pyridine rings is 2.